The Bertz CT molecular complexity index is 210. The summed E-state index contributed by atoms with van der Waals surface area (Å²) in [6.07, 6.45) is 2.41. The molecule has 2 aliphatic rings. The Hall–Kier alpha value is -0.570. The molecular formula is C9H14O3. The van der Waals surface area contributed by atoms with Gasteiger partial charge in [-0.25, -0.2) is 0 Å². The van der Waals surface area contributed by atoms with Gasteiger partial charge in [0.25, 0.3) is 0 Å². The van der Waals surface area contributed by atoms with Crippen molar-refractivity contribution < 1.29 is 14.3 Å². The lowest BCUT2D eigenvalue weighted by atomic mass is 9.93. The lowest BCUT2D eigenvalue weighted by Gasteiger charge is -2.36. The summed E-state index contributed by atoms with van der Waals surface area (Å²) in [7, 11) is 0. The summed E-state index contributed by atoms with van der Waals surface area (Å²) >= 11 is 0. The first-order valence-corrected chi connectivity index (χ1v) is 4.44. The number of hydrogen-bond donors (Lipinski definition) is 0. The number of rotatable bonds is 0. The third kappa shape index (κ3) is 1.33. The molecule has 0 aromatic rings. The van der Waals surface area contributed by atoms with Crippen LogP contribution in [-0.2, 0) is 14.3 Å². The molecule has 12 heavy (non-hydrogen) atoms. The summed E-state index contributed by atoms with van der Waals surface area (Å²) in [5, 5.41) is 0. The molecule has 0 N–H and O–H groups in total. The molecule has 0 radical (unpaired) electrons. The van der Waals surface area contributed by atoms with E-state index in [1.807, 2.05) is 0 Å². The Morgan fingerprint density at radius 3 is 2.92 bits per heavy atom. The third-order valence-corrected chi connectivity index (χ3v) is 2.57. The summed E-state index contributed by atoms with van der Waals surface area (Å²) in [5.41, 5.74) is -0.0743. The van der Waals surface area contributed by atoms with Gasteiger partial charge in [0, 0.05) is 0 Å². The van der Waals surface area contributed by atoms with E-state index in [4.69, 9.17) is 9.47 Å². The fourth-order valence-electron chi connectivity index (χ4n) is 1.91. The van der Waals surface area contributed by atoms with Crippen LogP contribution in [0.1, 0.15) is 33.1 Å². The van der Waals surface area contributed by atoms with Gasteiger partial charge >= 0.3 is 5.97 Å². The van der Waals surface area contributed by atoms with Gasteiger partial charge in [-0.2, -0.15) is 0 Å². The highest BCUT2D eigenvalue weighted by molar-refractivity contribution is 5.72. The van der Waals surface area contributed by atoms with Gasteiger partial charge in [0.1, 0.15) is 12.2 Å². The average molecular weight is 170 g/mol. The van der Waals surface area contributed by atoms with Gasteiger partial charge in [0.15, 0.2) is 0 Å². The molecule has 2 fully saturated rings. The van der Waals surface area contributed by atoms with E-state index in [0.29, 0.717) is 6.42 Å². The lowest BCUT2D eigenvalue weighted by molar-refractivity contribution is -0.152. The molecule has 2 aliphatic heterocycles. The molecular weight excluding hydrogens is 156 g/mol. The highest BCUT2D eigenvalue weighted by Gasteiger charge is 2.43. The van der Waals surface area contributed by atoms with Crippen LogP contribution in [0.15, 0.2) is 0 Å². The Labute approximate surface area is 72.0 Å². The minimum Gasteiger partial charge on any atom is -0.459 e. The van der Waals surface area contributed by atoms with E-state index >= 15 is 0 Å². The Kier molecular flexibility index (Phi) is 1.65. The minimum atomic E-state index is -0.109. The summed E-state index contributed by atoms with van der Waals surface area (Å²) < 4.78 is 10.8. The minimum absolute atomic E-state index is 0.0150. The van der Waals surface area contributed by atoms with Crippen LogP contribution < -0.4 is 0 Å². The summed E-state index contributed by atoms with van der Waals surface area (Å²) in [5.74, 6) is -0.109. The van der Waals surface area contributed by atoms with Crippen LogP contribution >= 0.6 is 0 Å². The molecule has 2 heterocycles. The molecule has 0 bridgehead atoms. The molecule has 3 nitrogen and oxygen atoms in total. The number of carbonyl (C=O) groups is 1. The van der Waals surface area contributed by atoms with Crippen LogP contribution in [0.3, 0.4) is 0 Å². The van der Waals surface area contributed by atoms with Crippen molar-refractivity contribution in [3.8, 4) is 0 Å². The van der Waals surface area contributed by atoms with Gasteiger partial charge in [0.05, 0.1) is 12.0 Å². The van der Waals surface area contributed by atoms with Gasteiger partial charge in [-0.3, -0.25) is 4.79 Å². The van der Waals surface area contributed by atoms with Crippen molar-refractivity contribution >= 4 is 5.97 Å². The molecule has 0 aliphatic carbocycles. The number of ether oxygens (including phenoxy) is 2. The van der Waals surface area contributed by atoms with Gasteiger partial charge < -0.3 is 9.47 Å². The first-order chi connectivity index (χ1) is 5.57. The monoisotopic (exact) mass is 170 g/mol. The highest BCUT2D eigenvalue weighted by atomic mass is 16.6. The Morgan fingerprint density at radius 2 is 2.17 bits per heavy atom. The number of fused-ring (bicyclic) bond motifs is 1. The van der Waals surface area contributed by atoms with Crippen molar-refractivity contribution in [2.75, 3.05) is 0 Å². The quantitative estimate of drug-likeness (QED) is 0.513. The van der Waals surface area contributed by atoms with E-state index in [1.165, 1.54) is 0 Å². The first kappa shape index (κ1) is 8.05. The molecule has 2 rings (SSSR count). The van der Waals surface area contributed by atoms with Gasteiger partial charge in [-0.05, 0) is 26.7 Å². The van der Waals surface area contributed by atoms with Crippen molar-refractivity contribution in [3.63, 3.8) is 0 Å². The second kappa shape index (κ2) is 2.46. The molecule has 0 spiro atoms. The Morgan fingerprint density at radius 1 is 1.42 bits per heavy atom. The lowest BCUT2D eigenvalue weighted by Crippen LogP contribution is -2.41. The summed E-state index contributed by atoms with van der Waals surface area (Å²) in [6, 6.07) is 0. The van der Waals surface area contributed by atoms with Crippen molar-refractivity contribution in [2.45, 2.75) is 50.9 Å². The maximum atomic E-state index is 10.9. The largest absolute Gasteiger partial charge is 0.459 e. The maximum Gasteiger partial charge on any atom is 0.308 e. The van der Waals surface area contributed by atoms with Crippen LogP contribution in [0.5, 0.6) is 0 Å². The number of hydrogen-bond acceptors (Lipinski definition) is 3. The fraction of sp³-hybridized carbons (Fsp3) is 0.889. The predicted molar refractivity (Wildman–Crippen MR) is 42.7 cm³/mol. The molecule has 0 amide bonds. The van der Waals surface area contributed by atoms with Crippen LogP contribution in [-0.4, -0.2) is 23.8 Å². The van der Waals surface area contributed by atoms with E-state index in [1.54, 1.807) is 0 Å². The first-order valence-electron chi connectivity index (χ1n) is 4.44. The summed E-state index contributed by atoms with van der Waals surface area (Å²) in [4.78, 5) is 10.9. The van der Waals surface area contributed by atoms with Gasteiger partial charge in [0.2, 0.25) is 0 Å². The second-order valence-corrected chi connectivity index (χ2v) is 4.19. The molecule has 68 valence electrons. The van der Waals surface area contributed by atoms with Crippen LogP contribution in [0.4, 0.5) is 0 Å². The van der Waals surface area contributed by atoms with Crippen molar-refractivity contribution in [1.82, 2.24) is 0 Å². The SMILES string of the molecule is CC1(C)CCC2OC(=O)CC2O1. The van der Waals surface area contributed by atoms with Crippen LogP contribution in [0.25, 0.3) is 0 Å². The second-order valence-electron chi connectivity index (χ2n) is 4.19. The number of carbonyl (C=O) groups excluding carboxylic acids is 1. The van der Waals surface area contributed by atoms with Crippen molar-refractivity contribution in [2.24, 2.45) is 0 Å². The zero-order chi connectivity index (χ0) is 8.77. The standard InChI is InChI=1S/C9H14O3/c1-9(2)4-3-6-7(12-9)5-8(10)11-6/h6-7H,3-5H2,1-2H3. The zero-order valence-corrected chi connectivity index (χ0v) is 7.50. The van der Waals surface area contributed by atoms with E-state index in [9.17, 15) is 4.79 Å². The van der Waals surface area contributed by atoms with Crippen LogP contribution in [0.2, 0.25) is 0 Å². The maximum absolute atomic E-state index is 10.9. The highest BCUT2D eigenvalue weighted by Crippen LogP contribution is 2.34. The molecule has 3 heteroatoms. The Balaban J connectivity index is 2.06. The van der Waals surface area contributed by atoms with Crippen LogP contribution in [0, 0.1) is 0 Å². The third-order valence-electron chi connectivity index (χ3n) is 2.57. The van der Waals surface area contributed by atoms with E-state index in [2.05, 4.69) is 13.8 Å². The number of esters is 1. The summed E-state index contributed by atoms with van der Waals surface area (Å²) in [6.45, 7) is 4.12. The fourth-order valence-corrected chi connectivity index (χ4v) is 1.91. The van der Waals surface area contributed by atoms with E-state index in [0.717, 1.165) is 12.8 Å². The molecule has 0 aromatic carbocycles. The van der Waals surface area contributed by atoms with Crippen molar-refractivity contribution in [1.29, 1.82) is 0 Å². The smallest absolute Gasteiger partial charge is 0.308 e. The zero-order valence-electron chi connectivity index (χ0n) is 7.50. The molecule has 2 atom stereocenters. The predicted octanol–water partition coefficient (Wildman–Crippen LogP) is 1.26. The van der Waals surface area contributed by atoms with Gasteiger partial charge in [-0.1, -0.05) is 0 Å². The van der Waals surface area contributed by atoms with Gasteiger partial charge in [-0.15, -0.1) is 0 Å². The van der Waals surface area contributed by atoms with E-state index < -0.39 is 0 Å². The van der Waals surface area contributed by atoms with Crippen molar-refractivity contribution in [3.05, 3.63) is 0 Å². The molecule has 2 unspecified atom stereocenters. The molecule has 2 saturated heterocycles. The topological polar surface area (TPSA) is 35.5 Å². The van der Waals surface area contributed by atoms with E-state index in [-0.39, 0.29) is 23.8 Å². The molecule has 0 aromatic heterocycles. The molecule has 0 saturated carbocycles. The normalized spacial score (nSPS) is 39.0. The average Bonchev–Trinajstić information content (AvgIpc) is 2.26.